The predicted molar refractivity (Wildman–Crippen MR) is 121 cm³/mol. The van der Waals surface area contributed by atoms with E-state index in [1.54, 1.807) is 0 Å². The molecule has 160 valence electrons. The fourth-order valence-corrected chi connectivity index (χ4v) is 5.09. The van der Waals surface area contributed by atoms with Crippen molar-refractivity contribution < 1.29 is 4.79 Å². The molecule has 7 nitrogen and oxygen atoms in total. The Morgan fingerprint density at radius 2 is 1.97 bits per heavy atom. The Morgan fingerprint density at radius 1 is 1.13 bits per heavy atom. The Labute approximate surface area is 181 Å². The van der Waals surface area contributed by atoms with Crippen LogP contribution in [-0.4, -0.2) is 56.7 Å². The molecule has 1 aromatic carbocycles. The zero-order valence-electron chi connectivity index (χ0n) is 17.9. The van der Waals surface area contributed by atoms with Crippen molar-refractivity contribution in [3.63, 3.8) is 0 Å². The molecule has 2 N–H and O–H groups in total. The molecule has 0 spiro atoms. The molecule has 1 saturated heterocycles. The zero-order valence-corrected chi connectivity index (χ0v) is 17.9. The Kier molecular flexibility index (Phi) is 4.45. The number of nitrogens with one attached hydrogen (secondary N) is 2. The van der Waals surface area contributed by atoms with E-state index in [-0.39, 0.29) is 6.03 Å². The van der Waals surface area contributed by atoms with Crippen LogP contribution in [0.4, 0.5) is 10.5 Å². The molecule has 3 aliphatic rings. The first-order valence-electron chi connectivity index (χ1n) is 11.4. The number of benzene rings is 1. The van der Waals surface area contributed by atoms with Gasteiger partial charge >= 0.3 is 6.03 Å². The standard InChI is InChI=1S/C24H28N6O/c1-15-10-17(4-7-25-15)23-20-11-18-14-30(24(31)26-21(18)12-22(20)27-28-23)19-5-8-29(9-6-19)13-16-2-3-16/h4,7,10-12,16,19H,2-3,5-6,8-9,13-14H2,1H3,(H,26,31)(H,27,28). The number of nitrogens with zero attached hydrogens (tertiary/aromatic N) is 4. The zero-order chi connectivity index (χ0) is 20.9. The topological polar surface area (TPSA) is 77.2 Å². The molecule has 6 rings (SSSR count). The normalized spacial score (nSPS) is 20.2. The molecule has 3 aromatic rings. The third kappa shape index (κ3) is 3.57. The Hall–Kier alpha value is -2.93. The van der Waals surface area contributed by atoms with E-state index in [1.807, 2.05) is 30.2 Å². The maximum Gasteiger partial charge on any atom is 0.322 e. The molecule has 0 unspecified atom stereocenters. The van der Waals surface area contributed by atoms with E-state index in [1.165, 1.54) is 19.4 Å². The van der Waals surface area contributed by atoms with Gasteiger partial charge in [0.2, 0.25) is 0 Å². The van der Waals surface area contributed by atoms with E-state index in [4.69, 9.17) is 0 Å². The number of piperidine rings is 1. The molecule has 31 heavy (non-hydrogen) atoms. The number of amides is 2. The number of aromatic nitrogens is 3. The van der Waals surface area contributed by atoms with Gasteiger partial charge in [-0.25, -0.2) is 4.79 Å². The highest BCUT2D eigenvalue weighted by Crippen LogP contribution is 2.35. The summed E-state index contributed by atoms with van der Waals surface area (Å²) in [6.07, 6.45) is 6.74. The second kappa shape index (κ2) is 7.34. The van der Waals surface area contributed by atoms with Gasteiger partial charge in [0.15, 0.2) is 0 Å². The van der Waals surface area contributed by atoms with E-state index in [0.29, 0.717) is 12.6 Å². The lowest BCUT2D eigenvalue weighted by Gasteiger charge is -2.40. The van der Waals surface area contributed by atoms with Crippen LogP contribution in [0.5, 0.6) is 0 Å². The highest BCUT2D eigenvalue weighted by Gasteiger charge is 2.33. The second-order valence-corrected chi connectivity index (χ2v) is 9.35. The lowest BCUT2D eigenvalue weighted by atomic mass is 9.99. The van der Waals surface area contributed by atoms with Crippen LogP contribution in [0.25, 0.3) is 22.2 Å². The Balaban J connectivity index is 1.25. The molecule has 2 aliphatic heterocycles. The molecule has 0 atom stereocenters. The van der Waals surface area contributed by atoms with Gasteiger partial charge in [-0.2, -0.15) is 5.10 Å². The summed E-state index contributed by atoms with van der Waals surface area (Å²) >= 11 is 0. The number of fused-ring (bicyclic) bond motifs is 2. The fraction of sp³-hybridized carbons (Fsp3) is 0.458. The van der Waals surface area contributed by atoms with Crippen LogP contribution in [-0.2, 0) is 6.54 Å². The van der Waals surface area contributed by atoms with Gasteiger partial charge < -0.3 is 15.1 Å². The summed E-state index contributed by atoms with van der Waals surface area (Å²) < 4.78 is 0. The molecular weight excluding hydrogens is 388 g/mol. The average molecular weight is 417 g/mol. The molecule has 1 saturated carbocycles. The van der Waals surface area contributed by atoms with Gasteiger partial charge in [-0.15, -0.1) is 0 Å². The van der Waals surface area contributed by atoms with Crippen molar-refractivity contribution in [1.29, 1.82) is 0 Å². The third-order valence-electron chi connectivity index (χ3n) is 7.01. The summed E-state index contributed by atoms with van der Waals surface area (Å²) in [4.78, 5) is 21.8. The Morgan fingerprint density at radius 3 is 2.74 bits per heavy atom. The van der Waals surface area contributed by atoms with Crippen LogP contribution >= 0.6 is 0 Å². The fourth-order valence-electron chi connectivity index (χ4n) is 5.09. The summed E-state index contributed by atoms with van der Waals surface area (Å²) in [7, 11) is 0. The lowest BCUT2D eigenvalue weighted by molar-refractivity contribution is 0.119. The largest absolute Gasteiger partial charge is 0.322 e. The minimum atomic E-state index is 0.0250. The third-order valence-corrected chi connectivity index (χ3v) is 7.01. The van der Waals surface area contributed by atoms with E-state index in [9.17, 15) is 4.79 Å². The maximum atomic E-state index is 12.9. The monoisotopic (exact) mass is 416 g/mol. The van der Waals surface area contributed by atoms with E-state index in [2.05, 4.69) is 37.5 Å². The number of carbonyl (C=O) groups is 1. The highest BCUT2D eigenvalue weighted by atomic mass is 16.2. The molecule has 1 aliphatic carbocycles. The van der Waals surface area contributed by atoms with E-state index >= 15 is 0 Å². The van der Waals surface area contributed by atoms with Crippen LogP contribution in [0.2, 0.25) is 0 Å². The van der Waals surface area contributed by atoms with Gasteiger partial charge in [0.1, 0.15) is 5.69 Å². The minimum Gasteiger partial charge on any atom is -0.317 e. The van der Waals surface area contributed by atoms with Crippen LogP contribution < -0.4 is 5.32 Å². The number of aromatic amines is 1. The van der Waals surface area contributed by atoms with Crippen molar-refractivity contribution in [1.82, 2.24) is 25.0 Å². The first-order chi connectivity index (χ1) is 15.1. The summed E-state index contributed by atoms with van der Waals surface area (Å²) in [5.41, 5.74) is 5.93. The SMILES string of the molecule is Cc1cc(-c2n[nH]c3cc4c(cc23)CN(C2CCN(CC3CC3)CC2)C(=O)N4)ccn1. The molecule has 4 heterocycles. The minimum absolute atomic E-state index is 0.0250. The number of likely N-dealkylation sites (tertiary alicyclic amines) is 1. The maximum absolute atomic E-state index is 12.9. The van der Waals surface area contributed by atoms with Crippen LogP contribution in [0.15, 0.2) is 30.5 Å². The van der Waals surface area contributed by atoms with Gasteiger partial charge in [-0.1, -0.05) is 0 Å². The predicted octanol–water partition coefficient (Wildman–Crippen LogP) is 4.16. The molecule has 2 amide bonds. The molecule has 2 aromatic heterocycles. The summed E-state index contributed by atoms with van der Waals surface area (Å²) in [6.45, 7) is 6.10. The molecule has 0 bridgehead atoms. The molecular formula is C24H28N6O. The smallest absolute Gasteiger partial charge is 0.317 e. The summed E-state index contributed by atoms with van der Waals surface area (Å²) in [5.74, 6) is 0.928. The first kappa shape index (κ1) is 18.8. The molecule has 0 radical (unpaired) electrons. The van der Waals surface area contributed by atoms with E-state index in [0.717, 1.165) is 71.0 Å². The van der Waals surface area contributed by atoms with Crippen molar-refractivity contribution in [3.8, 4) is 11.3 Å². The van der Waals surface area contributed by atoms with Crippen molar-refractivity contribution >= 4 is 22.6 Å². The van der Waals surface area contributed by atoms with Crippen molar-refractivity contribution in [2.75, 3.05) is 25.0 Å². The number of carbonyl (C=O) groups excluding carboxylic acids is 1. The van der Waals surface area contributed by atoms with Crippen LogP contribution in [0.1, 0.15) is 36.9 Å². The number of anilines is 1. The van der Waals surface area contributed by atoms with E-state index < -0.39 is 0 Å². The van der Waals surface area contributed by atoms with Crippen LogP contribution in [0, 0.1) is 12.8 Å². The van der Waals surface area contributed by atoms with Gasteiger partial charge in [-0.3, -0.25) is 10.1 Å². The van der Waals surface area contributed by atoms with Gasteiger partial charge in [-0.05, 0) is 68.4 Å². The summed E-state index contributed by atoms with van der Waals surface area (Å²) in [5, 5.41) is 11.9. The lowest BCUT2D eigenvalue weighted by Crippen LogP contribution is -2.50. The quantitative estimate of drug-likeness (QED) is 0.670. The molecule has 7 heteroatoms. The van der Waals surface area contributed by atoms with Crippen molar-refractivity contribution in [2.45, 2.75) is 45.2 Å². The summed E-state index contributed by atoms with van der Waals surface area (Å²) in [6, 6.07) is 8.59. The number of pyridine rings is 1. The second-order valence-electron chi connectivity index (χ2n) is 9.35. The molecule has 2 fully saturated rings. The number of urea groups is 1. The number of hydrogen-bond donors (Lipinski definition) is 2. The number of aryl methyl sites for hydroxylation is 1. The van der Waals surface area contributed by atoms with Crippen molar-refractivity contribution in [3.05, 3.63) is 41.7 Å². The number of H-pyrrole nitrogens is 1. The van der Waals surface area contributed by atoms with Gasteiger partial charge in [0.25, 0.3) is 0 Å². The number of hydrogen-bond acceptors (Lipinski definition) is 4. The van der Waals surface area contributed by atoms with Crippen molar-refractivity contribution in [2.24, 2.45) is 5.92 Å². The first-order valence-corrected chi connectivity index (χ1v) is 11.4. The van der Waals surface area contributed by atoms with Gasteiger partial charge in [0.05, 0.1) is 5.52 Å². The van der Waals surface area contributed by atoms with Crippen LogP contribution in [0.3, 0.4) is 0 Å². The van der Waals surface area contributed by atoms with Gasteiger partial charge in [0, 0.05) is 60.7 Å². The Bertz CT molecular complexity index is 1140. The number of rotatable bonds is 4. The highest BCUT2D eigenvalue weighted by molar-refractivity contribution is 6.00. The average Bonchev–Trinajstić information content (AvgIpc) is 3.49.